The van der Waals surface area contributed by atoms with Crippen molar-refractivity contribution in [1.82, 2.24) is 20.1 Å². The van der Waals surface area contributed by atoms with E-state index in [2.05, 4.69) is 41.5 Å². The van der Waals surface area contributed by atoms with Crippen molar-refractivity contribution >= 4 is 17.7 Å². The zero-order valence-corrected chi connectivity index (χ0v) is 17.3. The van der Waals surface area contributed by atoms with Gasteiger partial charge in [-0.3, -0.25) is 4.79 Å². The molecule has 0 aliphatic heterocycles. The second kappa shape index (κ2) is 9.55. The summed E-state index contributed by atoms with van der Waals surface area (Å²) in [6.07, 6.45) is 0.905. The Balaban J connectivity index is 1.63. The summed E-state index contributed by atoms with van der Waals surface area (Å²) in [5.41, 5.74) is 2.15. The normalized spacial score (nSPS) is 12.1. The smallest absolute Gasteiger partial charge is 0.230 e. The zero-order chi connectivity index (χ0) is 19.9. The van der Waals surface area contributed by atoms with Crippen molar-refractivity contribution in [2.75, 3.05) is 5.75 Å². The lowest BCUT2D eigenvalue weighted by Crippen LogP contribution is -2.31. The van der Waals surface area contributed by atoms with E-state index < -0.39 is 0 Å². The summed E-state index contributed by atoms with van der Waals surface area (Å²) in [4.78, 5) is 12.6. The van der Waals surface area contributed by atoms with Gasteiger partial charge in [0.25, 0.3) is 0 Å². The number of hydrogen-bond acceptors (Lipinski definition) is 4. The Morgan fingerprint density at radius 2 is 1.68 bits per heavy atom. The standard InChI is InChI=1S/C22H26N4OS/c1-16(2)14-19(17-10-6-4-7-11-17)23-20(27)15-28-22-25-24-21(26(22)3)18-12-8-5-9-13-18/h4-13,16,19H,14-15H2,1-3H3,(H,23,27). The number of aromatic nitrogens is 3. The van der Waals surface area contributed by atoms with Crippen molar-refractivity contribution in [1.29, 1.82) is 0 Å². The molecule has 0 bridgehead atoms. The second-order valence-corrected chi connectivity index (χ2v) is 8.12. The maximum Gasteiger partial charge on any atom is 0.230 e. The third kappa shape index (κ3) is 5.23. The third-order valence-electron chi connectivity index (χ3n) is 4.44. The van der Waals surface area contributed by atoms with Gasteiger partial charge in [0.05, 0.1) is 11.8 Å². The summed E-state index contributed by atoms with van der Waals surface area (Å²) in [5.74, 6) is 1.60. The third-order valence-corrected chi connectivity index (χ3v) is 5.46. The largest absolute Gasteiger partial charge is 0.349 e. The monoisotopic (exact) mass is 394 g/mol. The Labute approximate surface area is 170 Å². The molecule has 1 heterocycles. The van der Waals surface area contributed by atoms with E-state index in [4.69, 9.17) is 0 Å². The lowest BCUT2D eigenvalue weighted by atomic mass is 9.97. The van der Waals surface area contributed by atoms with Crippen LogP contribution in [0, 0.1) is 5.92 Å². The molecule has 146 valence electrons. The molecule has 3 rings (SSSR count). The van der Waals surface area contributed by atoms with Crippen molar-refractivity contribution in [2.24, 2.45) is 13.0 Å². The second-order valence-electron chi connectivity index (χ2n) is 7.18. The summed E-state index contributed by atoms with van der Waals surface area (Å²) in [6.45, 7) is 4.34. The van der Waals surface area contributed by atoms with E-state index in [0.29, 0.717) is 11.7 Å². The summed E-state index contributed by atoms with van der Waals surface area (Å²) in [5, 5.41) is 12.4. The van der Waals surface area contributed by atoms with Crippen molar-refractivity contribution < 1.29 is 4.79 Å². The van der Waals surface area contributed by atoms with Crippen LogP contribution >= 0.6 is 11.8 Å². The number of carbonyl (C=O) groups excluding carboxylic acids is 1. The van der Waals surface area contributed by atoms with Crippen LogP contribution < -0.4 is 5.32 Å². The van der Waals surface area contributed by atoms with Crippen molar-refractivity contribution in [3.05, 3.63) is 66.2 Å². The summed E-state index contributed by atoms with van der Waals surface area (Å²) >= 11 is 1.40. The Morgan fingerprint density at radius 3 is 2.32 bits per heavy atom. The number of nitrogens with zero attached hydrogens (tertiary/aromatic N) is 3. The van der Waals surface area contributed by atoms with Crippen molar-refractivity contribution in [3.8, 4) is 11.4 Å². The number of amides is 1. The molecule has 0 saturated carbocycles. The number of rotatable bonds is 8. The van der Waals surface area contributed by atoms with Gasteiger partial charge in [-0.25, -0.2) is 0 Å². The summed E-state index contributed by atoms with van der Waals surface area (Å²) in [7, 11) is 1.92. The molecular weight excluding hydrogens is 368 g/mol. The number of carbonyl (C=O) groups is 1. The van der Waals surface area contributed by atoms with E-state index in [9.17, 15) is 4.79 Å². The van der Waals surface area contributed by atoms with E-state index in [0.717, 1.165) is 28.5 Å². The Kier molecular flexibility index (Phi) is 6.87. The molecule has 6 heteroatoms. The molecule has 0 aliphatic carbocycles. The maximum atomic E-state index is 12.6. The van der Waals surface area contributed by atoms with Gasteiger partial charge in [0, 0.05) is 12.6 Å². The first kappa shape index (κ1) is 20.1. The molecule has 1 amide bonds. The molecule has 28 heavy (non-hydrogen) atoms. The number of thioether (sulfide) groups is 1. The van der Waals surface area contributed by atoms with Gasteiger partial charge in [0.15, 0.2) is 11.0 Å². The van der Waals surface area contributed by atoms with E-state index in [1.807, 2.05) is 60.1 Å². The van der Waals surface area contributed by atoms with Crippen LogP contribution in [-0.2, 0) is 11.8 Å². The molecule has 2 aromatic carbocycles. The van der Waals surface area contributed by atoms with Crippen LogP contribution in [-0.4, -0.2) is 26.4 Å². The zero-order valence-electron chi connectivity index (χ0n) is 16.5. The van der Waals surface area contributed by atoms with Crippen LogP contribution in [0.15, 0.2) is 65.8 Å². The van der Waals surface area contributed by atoms with Gasteiger partial charge in [-0.05, 0) is 17.9 Å². The molecule has 1 atom stereocenters. The average molecular weight is 395 g/mol. The fraction of sp³-hybridized carbons (Fsp3) is 0.318. The molecule has 0 radical (unpaired) electrons. The molecule has 3 aromatic rings. The molecule has 0 saturated heterocycles. The highest BCUT2D eigenvalue weighted by atomic mass is 32.2. The van der Waals surface area contributed by atoms with E-state index >= 15 is 0 Å². The van der Waals surface area contributed by atoms with Gasteiger partial charge in [0.2, 0.25) is 5.91 Å². The molecule has 0 fully saturated rings. The topological polar surface area (TPSA) is 59.8 Å². The lowest BCUT2D eigenvalue weighted by molar-refractivity contribution is -0.119. The highest BCUT2D eigenvalue weighted by Gasteiger charge is 2.17. The van der Waals surface area contributed by atoms with Gasteiger partial charge < -0.3 is 9.88 Å². The molecule has 1 aromatic heterocycles. The van der Waals surface area contributed by atoms with Gasteiger partial charge >= 0.3 is 0 Å². The lowest BCUT2D eigenvalue weighted by Gasteiger charge is -2.21. The number of hydrogen-bond donors (Lipinski definition) is 1. The molecule has 0 spiro atoms. The fourth-order valence-corrected chi connectivity index (χ4v) is 3.80. The van der Waals surface area contributed by atoms with Gasteiger partial charge in [-0.1, -0.05) is 86.3 Å². The quantitative estimate of drug-likeness (QED) is 0.572. The van der Waals surface area contributed by atoms with Crippen molar-refractivity contribution in [3.63, 3.8) is 0 Å². The number of nitrogens with one attached hydrogen (secondary N) is 1. The number of benzene rings is 2. The van der Waals surface area contributed by atoms with Crippen LogP contribution in [0.4, 0.5) is 0 Å². The first-order valence-corrected chi connectivity index (χ1v) is 10.4. The SMILES string of the molecule is CC(C)CC(NC(=O)CSc1nnc(-c2ccccc2)n1C)c1ccccc1. The first-order valence-electron chi connectivity index (χ1n) is 9.46. The minimum atomic E-state index is 0.00349. The predicted molar refractivity (Wildman–Crippen MR) is 114 cm³/mol. The van der Waals surface area contributed by atoms with E-state index in [1.165, 1.54) is 11.8 Å². The Morgan fingerprint density at radius 1 is 1.04 bits per heavy atom. The van der Waals surface area contributed by atoms with Gasteiger partial charge in [-0.2, -0.15) is 0 Å². The first-order chi connectivity index (χ1) is 13.5. The van der Waals surface area contributed by atoms with E-state index in [1.54, 1.807) is 0 Å². The van der Waals surface area contributed by atoms with Crippen molar-refractivity contribution in [2.45, 2.75) is 31.5 Å². The highest BCUT2D eigenvalue weighted by Crippen LogP contribution is 2.24. The summed E-state index contributed by atoms with van der Waals surface area (Å²) < 4.78 is 1.93. The van der Waals surface area contributed by atoms with Gasteiger partial charge in [-0.15, -0.1) is 10.2 Å². The van der Waals surface area contributed by atoms with Crippen LogP contribution in [0.25, 0.3) is 11.4 Å². The minimum Gasteiger partial charge on any atom is -0.349 e. The fourth-order valence-electron chi connectivity index (χ4n) is 3.08. The van der Waals surface area contributed by atoms with Crippen LogP contribution in [0.5, 0.6) is 0 Å². The molecule has 0 aliphatic rings. The Bertz CT molecular complexity index is 893. The maximum absolute atomic E-state index is 12.6. The summed E-state index contributed by atoms with van der Waals surface area (Å²) in [6, 6.07) is 20.1. The van der Waals surface area contributed by atoms with Crippen LogP contribution in [0.3, 0.4) is 0 Å². The average Bonchev–Trinajstić information content (AvgIpc) is 3.07. The molecule has 1 N–H and O–H groups in total. The van der Waals surface area contributed by atoms with Crippen LogP contribution in [0.2, 0.25) is 0 Å². The minimum absolute atomic E-state index is 0.00349. The van der Waals surface area contributed by atoms with Crippen LogP contribution in [0.1, 0.15) is 31.9 Å². The van der Waals surface area contributed by atoms with E-state index in [-0.39, 0.29) is 11.9 Å². The molecule has 5 nitrogen and oxygen atoms in total. The molecular formula is C22H26N4OS. The Hall–Kier alpha value is -2.60. The molecule has 1 unspecified atom stereocenters. The van der Waals surface area contributed by atoms with Gasteiger partial charge in [0.1, 0.15) is 0 Å². The highest BCUT2D eigenvalue weighted by molar-refractivity contribution is 7.99. The predicted octanol–water partition coefficient (Wildman–Crippen LogP) is 4.48.